The topological polar surface area (TPSA) is 63.2 Å². The molecule has 2 rings (SSSR count). The van der Waals surface area contributed by atoms with Gasteiger partial charge < -0.3 is 5.32 Å². The summed E-state index contributed by atoms with van der Waals surface area (Å²) in [5, 5.41) is 2.78. The molecule has 0 fully saturated rings. The van der Waals surface area contributed by atoms with Gasteiger partial charge in [-0.1, -0.05) is 17.7 Å². The van der Waals surface area contributed by atoms with Crippen LogP contribution < -0.4 is 5.32 Å². The third-order valence-electron chi connectivity index (χ3n) is 3.13. The molecule has 0 saturated heterocycles. The number of nitrogens with one attached hydrogen (secondary N) is 1. The predicted octanol–water partition coefficient (Wildman–Crippen LogP) is 3.44. The number of halogens is 2. The van der Waals surface area contributed by atoms with Crippen molar-refractivity contribution in [2.45, 2.75) is 11.8 Å². The maximum atomic E-state index is 13.8. The summed E-state index contributed by atoms with van der Waals surface area (Å²) in [7, 11) is -3.50. The Bertz CT molecular complexity index is 850. The number of carbonyl (C=O) groups is 1. The number of carbonyl (C=O) groups excluding carboxylic acids is 1. The summed E-state index contributed by atoms with van der Waals surface area (Å²) in [5.74, 6) is -1.29. The number of amides is 1. The van der Waals surface area contributed by atoms with Crippen LogP contribution in [0.15, 0.2) is 41.3 Å². The van der Waals surface area contributed by atoms with Gasteiger partial charge >= 0.3 is 0 Å². The Morgan fingerprint density at radius 1 is 1.23 bits per heavy atom. The van der Waals surface area contributed by atoms with Gasteiger partial charge in [0.05, 0.1) is 10.6 Å². The number of hydrogen-bond acceptors (Lipinski definition) is 3. The summed E-state index contributed by atoms with van der Waals surface area (Å²) < 4.78 is 36.8. The van der Waals surface area contributed by atoms with E-state index in [1.54, 1.807) is 25.1 Å². The highest BCUT2D eigenvalue weighted by Gasteiger charge is 2.15. The van der Waals surface area contributed by atoms with Crippen molar-refractivity contribution in [3.63, 3.8) is 0 Å². The Balaban J connectivity index is 2.38. The Labute approximate surface area is 132 Å². The molecule has 4 nitrogen and oxygen atoms in total. The number of hydrogen-bond donors (Lipinski definition) is 1. The monoisotopic (exact) mass is 341 g/mol. The van der Waals surface area contributed by atoms with E-state index in [4.69, 9.17) is 11.6 Å². The average molecular weight is 342 g/mol. The molecule has 0 aromatic heterocycles. The molecule has 0 atom stereocenters. The van der Waals surface area contributed by atoms with Gasteiger partial charge in [-0.3, -0.25) is 4.79 Å². The first kappa shape index (κ1) is 16.5. The molecule has 0 aliphatic heterocycles. The quantitative estimate of drug-likeness (QED) is 0.870. The summed E-state index contributed by atoms with van der Waals surface area (Å²) in [4.78, 5) is 12.1. The number of benzene rings is 2. The highest BCUT2D eigenvalue weighted by Crippen LogP contribution is 2.23. The van der Waals surface area contributed by atoms with E-state index in [0.29, 0.717) is 10.6 Å². The van der Waals surface area contributed by atoms with Crippen LogP contribution in [0.25, 0.3) is 0 Å². The lowest BCUT2D eigenvalue weighted by Gasteiger charge is -2.10. The molecular weight excluding hydrogens is 329 g/mol. The molecule has 0 bridgehead atoms. The van der Waals surface area contributed by atoms with E-state index in [-0.39, 0.29) is 16.1 Å². The van der Waals surface area contributed by atoms with E-state index in [1.807, 2.05) is 0 Å². The fourth-order valence-electron chi connectivity index (χ4n) is 1.87. The summed E-state index contributed by atoms with van der Waals surface area (Å²) in [5.41, 5.74) is 0.644. The van der Waals surface area contributed by atoms with Crippen molar-refractivity contribution in [3.05, 3.63) is 58.4 Å². The van der Waals surface area contributed by atoms with Crippen molar-refractivity contribution in [2.24, 2.45) is 0 Å². The van der Waals surface area contributed by atoms with Crippen LogP contribution in [-0.4, -0.2) is 20.6 Å². The largest absolute Gasteiger partial charge is 0.319 e. The van der Waals surface area contributed by atoms with Crippen LogP contribution in [0, 0.1) is 12.7 Å². The molecule has 2 aromatic rings. The number of sulfone groups is 1. The summed E-state index contributed by atoms with van der Waals surface area (Å²) in [6.45, 7) is 1.67. The molecule has 0 spiro atoms. The van der Waals surface area contributed by atoms with E-state index in [0.717, 1.165) is 24.5 Å². The van der Waals surface area contributed by atoms with Crippen molar-refractivity contribution in [2.75, 3.05) is 11.6 Å². The molecule has 116 valence electrons. The van der Waals surface area contributed by atoms with Gasteiger partial charge in [0.2, 0.25) is 0 Å². The lowest BCUT2D eigenvalue weighted by molar-refractivity contribution is 0.102. The van der Waals surface area contributed by atoms with Crippen molar-refractivity contribution in [3.8, 4) is 0 Å². The summed E-state index contributed by atoms with van der Waals surface area (Å²) in [6.07, 6.45) is 1.01. The molecule has 0 aliphatic rings. The zero-order valence-corrected chi connectivity index (χ0v) is 13.4. The molecular formula is C15H13ClFNO3S. The minimum Gasteiger partial charge on any atom is -0.319 e. The zero-order chi connectivity index (χ0) is 16.5. The van der Waals surface area contributed by atoms with Gasteiger partial charge in [-0.05, 0) is 42.8 Å². The fourth-order valence-corrected chi connectivity index (χ4v) is 2.70. The highest BCUT2D eigenvalue weighted by molar-refractivity contribution is 7.90. The van der Waals surface area contributed by atoms with Gasteiger partial charge in [-0.25, -0.2) is 12.8 Å². The van der Waals surface area contributed by atoms with Crippen LogP contribution in [0.1, 0.15) is 15.9 Å². The van der Waals surface area contributed by atoms with Gasteiger partial charge in [-0.15, -0.1) is 0 Å². The third kappa shape index (κ3) is 3.45. The van der Waals surface area contributed by atoms with E-state index in [1.165, 1.54) is 0 Å². The first-order valence-corrected chi connectivity index (χ1v) is 8.53. The zero-order valence-electron chi connectivity index (χ0n) is 11.9. The Kier molecular flexibility index (Phi) is 4.53. The van der Waals surface area contributed by atoms with Gasteiger partial charge in [-0.2, -0.15) is 0 Å². The molecule has 2 aromatic carbocycles. The molecule has 1 amide bonds. The molecule has 0 unspecified atom stereocenters. The van der Waals surface area contributed by atoms with Crippen LogP contribution in [0.5, 0.6) is 0 Å². The van der Waals surface area contributed by atoms with Crippen LogP contribution in [0.4, 0.5) is 10.1 Å². The smallest absolute Gasteiger partial charge is 0.256 e. The van der Waals surface area contributed by atoms with Gasteiger partial charge in [0.25, 0.3) is 5.91 Å². The molecule has 0 radical (unpaired) electrons. The van der Waals surface area contributed by atoms with Crippen molar-refractivity contribution in [1.29, 1.82) is 0 Å². The highest BCUT2D eigenvalue weighted by atomic mass is 35.5. The van der Waals surface area contributed by atoms with Crippen LogP contribution in [0.2, 0.25) is 5.02 Å². The molecule has 0 saturated carbocycles. The minimum absolute atomic E-state index is 0.0768. The fraction of sp³-hybridized carbons (Fsp3) is 0.133. The second kappa shape index (κ2) is 6.06. The van der Waals surface area contributed by atoms with Crippen LogP contribution in [-0.2, 0) is 9.84 Å². The second-order valence-corrected chi connectivity index (χ2v) is 7.20. The third-order valence-corrected chi connectivity index (χ3v) is 4.65. The minimum atomic E-state index is -3.50. The van der Waals surface area contributed by atoms with Crippen LogP contribution in [0.3, 0.4) is 0 Å². The lowest BCUT2D eigenvalue weighted by Crippen LogP contribution is -2.15. The maximum absolute atomic E-state index is 13.8. The van der Waals surface area contributed by atoms with E-state index in [9.17, 15) is 17.6 Å². The first-order valence-electron chi connectivity index (χ1n) is 6.26. The van der Waals surface area contributed by atoms with Gasteiger partial charge in [0, 0.05) is 16.8 Å². The maximum Gasteiger partial charge on any atom is 0.256 e. The summed E-state index contributed by atoms with van der Waals surface area (Å²) in [6, 6.07) is 8.02. The lowest BCUT2D eigenvalue weighted by atomic mass is 10.1. The predicted molar refractivity (Wildman–Crippen MR) is 83.7 cm³/mol. The normalized spacial score (nSPS) is 11.3. The molecule has 1 N–H and O–H groups in total. The Hall–Kier alpha value is -1.92. The molecule has 0 heterocycles. The van der Waals surface area contributed by atoms with Gasteiger partial charge in [0.1, 0.15) is 5.82 Å². The molecule has 22 heavy (non-hydrogen) atoms. The van der Waals surface area contributed by atoms with Gasteiger partial charge in [0.15, 0.2) is 9.84 Å². The standard InChI is InChI=1S/C15H13ClFNO3S/c1-9-11(4-3-5-12(9)16)15(19)18-14-8-10(22(2,20)21)6-7-13(14)17/h3-8H,1-2H3,(H,18,19). The second-order valence-electron chi connectivity index (χ2n) is 4.78. The van der Waals surface area contributed by atoms with E-state index < -0.39 is 21.6 Å². The first-order chi connectivity index (χ1) is 10.2. The van der Waals surface area contributed by atoms with E-state index >= 15 is 0 Å². The van der Waals surface area contributed by atoms with Crippen molar-refractivity contribution < 1.29 is 17.6 Å². The average Bonchev–Trinajstić information content (AvgIpc) is 2.43. The number of anilines is 1. The number of rotatable bonds is 3. The van der Waals surface area contributed by atoms with Crippen LogP contribution >= 0.6 is 11.6 Å². The summed E-state index contributed by atoms with van der Waals surface area (Å²) >= 11 is 5.94. The van der Waals surface area contributed by atoms with Crippen molar-refractivity contribution >= 4 is 33.0 Å². The molecule has 0 aliphatic carbocycles. The SMILES string of the molecule is Cc1c(Cl)cccc1C(=O)Nc1cc(S(C)(=O)=O)ccc1F. The Morgan fingerprint density at radius 3 is 2.55 bits per heavy atom. The Morgan fingerprint density at radius 2 is 1.91 bits per heavy atom. The van der Waals surface area contributed by atoms with E-state index in [2.05, 4.69) is 5.32 Å². The molecule has 7 heteroatoms. The van der Waals surface area contributed by atoms with Crippen molar-refractivity contribution in [1.82, 2.24) is 0 Å².